The molecule has 0 atom stereocenters. The van der Waals surface area contributed by atoms with Gasteiger partial charge in [0.2, 0.25) is 0 Å². The predicted molar refractivity (Wildman–Crippen MR) is 89.0 cm³/mol. The summed E-state index contributed by atoms with van der Waals surface area (Å²) in [6.45, 7) is 3.82. The van der Waals surface area contributed by atoms with Crippen LogP contribution in [0.4, 0.5) is 15.8 Å². The fraction of sp³-hybridized carbons (Fsp3) is 0.278. The summed E-state index contributed by atoms with van der Waals surface area (Å²) < 4.78 is 13.5. The van der Waals surface area contributed by atoms with Crippen LogP contribution in [0.5, 0.6) is 0 Å². The largest absolute Gasteiger partial charge is 0.360 e. The van der Waals surface area contributed by atoms with Crippen LogP contribution in [0.2, 0.25) is 0 Å². The smallest absolute Gasteiger partial charge is 0.303 e. The first-order valence-corrected chi connectivity index (χ1v) is 8.34. The van der Waals surface area contributed by atoms with Crippen molar-refractivity contribution < 1.29 is 23.9 Å². The molecule has 0 bridgehead atoms. The third-order valence-corrected chi connectivity index (χ3v) is 4.85. The topological polar surface area (TPSA) is 59.2 Å². The minimum atomic E-state index is -0.561. The molecule has 1 amide bonds. The first-order chi connectivity index (χ1) is 12.1. The van der Waals surface area contributed by atoms with Gasteiger partial charge in [-0.15, -0.1) is 0 Å². The number of aromatic nitrogens is 1. The first-order valence-electron chi connectivity index (χ1n) is 8.34. The van der Waals surface area contributed by atoms with Crippen molar-refractivity contribution in [3.05, 3.63) is 54.1 Å². The van der Waals surface area contributed by atoms with E-state index in [-0.39, 0.29) is 0 Å². The molecule has 1 aromatic heterocycles. The van der Waals surface area contributed by atoms with Gasteiger partial charge in [-0.2, -0.15) is 0 Å². The SMILES string of the molecule is O=C1C(=O)N(C[NH+]2CCN(c3cc[nH+]cc3)CC2)c2cc(F)ccc21. The quantitative estimate of drug-likeness (QED) is 0.768. The lowest BCUT2D eigenvalue weighted by Crippen LogP contribution is -3.16. The number of piperazine rings is 1. The Labute approximate surface area is 144 Å². The summed E-state index contributed by atoms with van der Waals surface area (Å²) in [5.74, 6) is -1.55. The number of hydrogen-bond acceptors (Lipinski definition) is 3. The van der Waals surface area contributed by atoms with E-state index < -0.39 is 17.5 Å². The highest BCUT2D eigenvalue weighted by atomic mass is 19.1. The van der Waals surface area contributed by atoms with Crippen molar-refractivity contribution in [2.45, 2.75) is 0 Å². The molecule has 0 radical (unpaired) electrons. The molecule has 1 aromatic carbocycles. The summed E-state index contributed by atoms with van der Waals surface area (Å²) in [4.78, 5) is 32.3. The van der Waals surface area contributed by atoms with Crippen molar-refractivity contribution in [2.24, 2.45) is 0 Å². The molecule has 1 fully saturated rings. The van der Waals surface area contributed by atoms with E-state index in [1.165, 1.54) is 28.0 Å². The standard InChI is InChI=1S/C18H17FN4O2/c19-13-1-2-15-16(11-13)23(18(25)17(15)24)12-21-7-9-22(10-8-21)14-3-5-20-6-4-14/h1-6,11H,7-10,12H2/p+2. The maximum atomic E-state index is 13.5. The number of rotatable bonds is 3. The Balaban J connectivity index is 1.45. The second-order valence-corrected chi connectivity index (χ2v) is 6.38. The second-order valence-electron chi connectivity index (χ2n) is 6.38. The molecule has 2 N–H and O–H groups in total. The van der Waals surface area contributed by atoms with Gasteiger partial charge in [-0.05, 0) is 18.2 Å². The van der Waals surface area contributed by atoms with Gasteiger partial charge < -0.3 is 9.80 Å². The van der Waals surface area contributed by atoms with Crippen molar-refractivity contribution in [1.29, 1.82) is 0 Å². The number of carbonyl (C=O) groups excluding carboxylic acids is 2. The van der Waals surface area contributed by atoms with Gasteiger partial charge in [-0.3, -0.25) is 14.5 Å². The zero-order valence-corrected chi connectivity index (χ0v) is 13.7. The molecule has 1 saturated heterocycles. The minimum absolute atomic E-state index is 0.296. The lowest BCUT2D eigenvalue weighted by molar-refractivity contribution is -0.899. The van der Waals surface area contributed by atoms with Crippen LogP contribution in [-0.4, -0.2) is 44.5 Å². The number of halogens is 1. The number of pyridine rings is 1. The van der Waals surface area contributed by atoms with Crippen LogP contribution in [0.25, 0.3) is 0 Å². The molecule has 0 aliphatic carbocycles. The number of carbonyl (C=O) groups is 2. The number of Topliss-reactive ketones (excluding diaryl/α,β-unsaturated/α-hetero) is 1. The Morgan fingerprint density at radius 1 is 1.08 bits per heavy atom. The number of aromatic amines is 1. The van der Waals surface area contributed by atoms with Crippen molar-refractivity contribution in [1.82, 2.24) is 0 Å². The lowest BCUT2D eigenvalue weighted by Gasteiger charge is -2.34. The Kier molecular flexibility index (Phi) is 3.93. The zero-order valence-electron chi connectivity index (χ0n) is 13.7. The summed E-state index contributed by atoms with van der Waals surface area (Å²) in [5, 5.41) is 0. The molecule has 128 valence electrons. The van der Waals surface area contributed by atoms with Gasteiger partial charge >= 0.3 is 5.91 Å². The molecule has 4 rings (SSSR count). The monoisotopic (exact) mass is 342 g/mol. The van der Waals surface area contributed by atoms with Crippen molar-refractivity contribution in [2.75, 3.05) is 42.6 Å². The van der Waals surface area contributed by atoms with Crippen LogP contribution >= 0.6 is 0 Å². The van der Waals surface area contributed by atoms with Gasteiger partial charge in [0.25, 0.3) is 5.78 Å². The van der Waals surface area contributed by atoms with Crippen LogP contribution in [0.1, 0.15) is 10.4 Å². The highest BCUT2D eigenvalue weighted by Crippen LogP contribution is 2.28. The van der Waals surface area contributed by atoms with E-state index in [4.69, 9.17) is 0 Å². The number of nitrogens with one attached hydrogen (secondary N) is 2. The van der Waals surface area contributed by atoms with E-state index in [0.717, 1.165) is 31.9 Å². The fourth-order valence-corrected chi connectivity index (χ4v) is 3.48. The number of H-pyrrole nitrogens is 1. The van der Waals surface area contributed by atoms with Gasteiger partial charge in [0.05, 0.1) is 37.4 Å². The maximum absolute atomic E-state index is 13.5. The summed E-state index contributed by atoms with van der Waals surface area (Å²) >= 11 is 0. The van der Waals surface area contributed by atoms with E-state index in [1.807, 2.05) is 24.5 Å². The van der Waals surface area contributed by atoms with Crippen LogP contribution in [0.15, 0.2) is 42.7 Å². The van der Waals surface area contributed by atoms with E-state index >= 15 is 0 Å². The molecule has 25 heavy (non-hydrogen) atoms. The van der Waals surface area contributed by atoms with Gasteiger partial charge in [0, 0.05) is 17.8 Å². The van der Waals surface area contributed by atoms with Gasteiger partial charge in [-0.1, -0.05) is 0 Å². The molecule has 2 aliphatic heterocycles. The van der Waals surface area contributed by atoms with Crippen LogP contribution in [-0.2, 0) is 4.79 Å². The summed E-state index contributed by atoms with van der Waals surface area (Å²) in [5.41, 5.74) is 1.85. The number of anilines is 2. The van der Waals surface area contributed by atoms with E-state index in [9.17, 15) is 14.0 Å². The van der Waals surface area contributed by atoms with Gasteiger partial charge in [-0.25, -0.2) is 9.37 Å². The highest BCUT2D eigenvalue weighted by molar-refractivity contribution is 6.52. The summed E-state index contributed by atoms with van der Waals surface area (Å²) in [7, 11) is 0. The second kappa shape index (κ2) is 6.25. The molecule has 7 heteroatoms. The average Bonchev–Trinajstić information content (AvgIpc) is 2.87. The van der Waals surface area contributed by atoms with Crippen LogP contribution in [0, 0.1) is 5.82 Å². The summed E-state index contributed by atoms with van der Waals surface area (Å²) in [6.07, 6.45) is 3.79. The Morgan fingerprint density at radius 2 is 1.80 bits per heavy atom. The van der Waals surface area contributed by atoms with Gasteiger partial charge in [0.15, 0.2) is 19.1 Å². The normalized spacial score (nSPS) is 18.0. The number of amides is 1. The maximum Gasteiger partial charge on any atom is 0.303 e. The lowest BCUT2D eigenvalue weighted by atomic mass is 10.1. The third kappa shape index (κ3) is 2.87. The number of quaternary nitrogens is 1. The van der Waals surface area contributed by atoms with E-state index in [2.05, 4.69) is 9.88 Å². The van der Waals surface area contributed by atoms with Gasteiger partial charge in [0.1, 0.15) is 5.82 Å². The van der Waals surface area contributed by atoms with Crippen molar-refractivity contribution in [3.8, 4) is 0 Å². The third-order valence-electron chi connectivity index (χ3n) is 4.85. The fourth-order valence-electron chi connectivity index (χ4n) is 3.48. The summed E-state index contributed by atoms with van der Waals surface area (Å²) in [6, 6.07) is 7.95. The Hall–Kier alpha value is -2.80. The van der Waals surface area contributed by atoms with Crippen molar-refractivity contribution in [3.63, 3.8) is 0 Å². The molecule has 0 spiro atoms. The number of benzene rings is 1. The first kappa shape index (κ1) is 15.7. The molecule has 3 heterocycles. The number of ketones is 1. The highest BCUT2D eigenvalue weighted by Gasteiger charge is 2.38. The number of fused-ring (bicyclic) bond motifs is 1. The minimum Gasteiger partial charge on any atom is -0.360 e. The van der Waals surface area contributed by atoms with E-state index in [0.29, 0.717) is 17.9 Å². The Morgan fingerprint density at radius 3 is 2.52 bits per heavy atom. The molecule has 0 saturated carbocycles. The number of nitrogens with zero attached hydrogens (tertiary/aromatic N) is 2. The Bertz CT molecular complexity index is 819. The van der Waals surface area contributed by atoms with E-state index in [1.54, 1.807) is 0 Å². The number of hydrogen-bond donors (Lipinski definition) is 1. The predicted octanol–water partition coefficient (Wildman–Crippen LogP) is -0.468. The molecule has 6 nitrogen and oxygen atoms in total. The van der Waals surface area contributed by atoms with Crippen molar-refractivity contribution >= 4 is 23.1 Å². The molecule has 2 aliphatic rings. The van der Waals surface area contributed by atoms with Crippen LogP contribution in [0.3, 0.4) is 0 Å². The molecular weight excluding hydrogens is 323 g/mol. The zero-order chi connectivity index (χ0) is 17.4. The molecule has 0 unspecified atom stereocenters. The average molecular weight is 342 g/mol. The molecular formula is C18H19FN4O2+2. The molecule has 2 aromatic rings. The van der Waals surface area contributed by atoms with Crippen LogP contribution < -0.4 is 19.7 Å².